The molecule has 0 spiro atoms. The van der Waals surface area contributed by atoms with E-state index in [4.69, 9.17) is 11.6 Å². The number of carbonyl (C=O) groups excluding carboxylic acids is 1. The highest BCUT2D eigenvalue weighted by molar-refractivity contribution is 6.30. The van der Waals surface area contributed by atoms with Crippen molar-refractivity contribution in [2.45, 2.75) is 18.6 Å². The monoisotopic (exact) mass is 246 g/mol. The van der Waals surface area contributed by atoms with E-state index >= 15 is 0 Å². The topological polar surface area (TPSA) is 92.5 Å². The van der Waals surface area contributed by atoms with Crippen molar-refractivity contribution in [3.05, 3.63) is 23.2 Å². The number of aliphatic hydroxyl groups excluding tert-OH is 2. The molecule has 0 saturated heterocycles. The molecule has 0 radical (unpaired) electrons. The van der Waals surface area contributed by atoms with Crippen LogP contribution >= 0.6 is 11.6 Å². The third-order valence-electron chi connectivity index (χ3n) is 1.87. The molecule has 1 aromatic rings. The number of halogens is 1. The Morgan fingerprint density at radius 2 is 2.06 bits per heavy atom. The Morgan fingerprint density at radius 3 is 2.56 bits per heavy atom. The standard InChI is InChI=1S/C9H11ClN2O4/c1-16-7(14)2-6(13)8(15)9-11-3-5(10)4-12-9/h3-4,6,8,13,15H,2H2,1H3. The molecule has 1 aromatic heterocycles. The number of ether oxygens (including phenoxy) is 1. The summed E-state index contributed by atoms with van der Waals surface area (Å²) >= 11 is 5.56. The molecule has 88 valence electrons. The first-order valence-electron chi connectivity index (χ1n) is 4.45. The van der Waals surface area contributed by atoms with Gasteiger partial charge in [-0.2, -0.15) is 0 Å². The second-order valence-corrected chi connectivity index (χ2v) is 3.49. The van der Waals surface area contributed by atoms with E-state index in [1.54, 1.807) is 0 Å². The third kappa shape index (κ3) is 3.41. The van der Waals surface area contributed by atoms with Crippen molar-refractivity contribution in [1.29, 1.82) is 0 Å². The van der Waals surface area contributed by atoms with Gasteiger partial charge in [0, 0.05) is 12.4 Å². The van der Waals surface area contributed by atoms with E-state index in [1.807, 2.05) is 0 Å². The van der Waals surface area contributed by atoms with E-state index in [0.717, 1.165) is 0 Å². The van der Waals surface area contributed by atoms with Crippen LogP contribution in [-0.2, 0) is 9.53 Å². The molecule has 0 aliphatic carbocycles. The van der Waals surface area contributed by atoms with Crippen LogP contribution in [0.25, 0.3) is 0 Å². The van der Waals surface area contributed by atoms with E-state index < -0.39 is 18.2 Å². The molecule has 1 rings (SSSR count). The lowest BCUT2D eigenvalue weighted by Gasteiger charge is -2.14. The number of nitrogens with zero attached hydrogens (tertiary/aromatic N) is 2. The summed E-state index contributed by atoms with van der Waals surface area (Å²) in [6, 6.07) is 0. The number of hydrogen-bond donors (Lipinski definition) is 2. The number of aliphatic hydroxyl groups is 2. The summed E-state index contributed by atoms with van der Waals surface area (Å²) in [5.41, 5.74) is 0. The fourth-order valence-corrected chi connectivity index (χ4v) is 1.11. The van der Waals surface area contributed by atoms with Crippen molar-refractivity contribution in [3.8, 4) is 0 Å². The molecule has 2 unspecified atom stereocenters. The normalized spacial score (nSPS) is 14.2. The molecule has 0 saturated carbocycles. The number of esters is 1. The molecule has 2 atom stereocenters. The van der Waals surface area contributed by atoms with Crippen LogP contribution in [-0.4, -0.2) is 39.4 Å². The first-order valence-corrected chi connectivity index (χ1v) is 4.82. The van der Waals surface area contributed by atoms with E-state index in [-0.39, 0.29) is 12.2 Å². The number of carbonyl (C=O) groups is 1. The van der Waals surface area contributed by atoms with Gasteiger partial charge in [-0.25, -0.2) is 9.97 Å². The van der Waals surface area contributed by atoms with Crippen LogP contribution in [0.4, 0.5) is 0 Å². The Kier molecular flexibility index (Phi) is 4.60. The van der Waals surface area contributed by atoms with Gasteiger partial charge in [-0.05, 0) is 0 Å². The highest BCUT2D eigenvalue weighted by Crippen LogP contribution is 2.16. The molecule has 0 amide bonds. The minimum absolute atomic E-state index is 0.000744. The Morgan fingerprint density at radius 1 is 1.50 bits per heavy atom. The summed E-state index contributed by atoms with van der Waals surface area (Å²) in [4.78, 5) is 18.3. The lowest BCUT2D eigenvalue weighted by molar-refractivity contribution is -0.144. The molecule has 6 nitrogen and oxygen atoms in total. The average Bonchev–Trinajstić information content (AvgIpc) is 2.28. The van der Waals surface area contributed by atoms with Crippen LogP contribution < -0.4 is 0 Å². The Labute approximate surface area is 96.9 Å². The third-order valence-corrected chi connectivity index (χ3v) is 2.07. The van der Waals surface area contributed by atoms with Gasteiger partial charge < -0.3 is 14.9 Å². The van der Waals surface area contributed by atoms with Gasteiger partial charge in [0.1, 0.15) is 6.10 Å². The zero-order valence-electron chi connectivity index (χ0n) is 8.50. The van der Waals surface area contributed by atoms with Crippen molar-refractivity contribution >= 4 is 17.6 Å². The van der Waals surface area contributed by atoms with Gasteiger partial charge in [0.05, 0.1) is 24.7 Å². The van der Waals surface area contributed by atoms with Crippen LogP contribution in [0.1, 0.15) is 18.3 Å². The molecule has 2 N–H and O–H groups in total. The Hall–Kier alpha value is -1.24. The zero-order chi connectivity index (χ0) is 12.1. The van der Waals surface area contributed by atoms with Crippen molar-refractivity contribution in [3.63, 3.8) is 0 Å². The first-order chi connectivity index (χ1) is 7.54. The molecular formula is C9H11ClN2O4. The fraction of sp³-hybridized carbons (Fsp3) is 0.444. The summed E-state index contributed by atoms with van der Waals surface area (Å²) in [5, 5.41) is 19.4. The van der Waals surface area contributed by atoms with Crippen LogP contribution in [0.15, 0.2) is 12.4 Å². The minimum Gasteiger partial charge on any atom is -0.469 e. The van der Waals surface area contributed by atoms with Gasteiger partial charge in [0.2, 0.25) is 0 Å². The fourth-order valence-electron chi connectivity index (χ4n) is 1.01. The molecule has 0 aliphatic heterocycles. The molecule has 0 aliphatic rings. The van der Waals surface area contributed by atoms with E-state index in [1.165, 1.54) is 19.5 Å². The maximum Gasteiger partial charge on any atom is 0.308 e. The maximum absolute atomic E-state index is 10.9. The minimum atomic E-state index is -1.35. The van der Waals surface area contributed by atoms with Crippen LogP contribution in [0, 0.1) is 0 Å². The quantitative estimate of drug-likeness (QED) is 0.732. The van der Waals surface area contributed by atoms with Gasteiger partial charge in [0.25, 0.3) is 0 Å². The average molecular weight is 247 g/mol. The van der Waals surface area contributed by atoms with Crippen molar-refractivity contribution in [2.24, 2.45) is 0 Å². The van der Waals surface area contributed by atoms with Crippen LogP contribution in [0.5, 0.6) is 0 Å². The highest BCUT2D eigenvalue weighted by atomic mass is 35.5. The van der Waals surface area contributed by atoms with Crippen molar-refractivity contribution < 1.29 is 19.7 Å². The van der Waals surface area contributed by atoms with Crippen LogP contribution in [0.3, 0.4) is 0 Å². The zero-order valence-corrected chi connectivity index (χ0v) is 9.26. The molecule has 16 heavy (non-hydrogen) atoms. The first kappa shape index (κ1) is 12.8. The largest absolute Gasteiger partial charge is 0.469 e. The summed E-state index contributed by atoms with van der Waals surface area (Å²) < 4.78 is 4.35. The highest BCUT2D eigenvalue weighted by Gasteiger charge is 2.23. The van der Waals surface area contributed by atoms with E-state index in [0.29, 0.717) is 5.02 Å². The predicted octanol–water partition coefficient (Wildman–Crippen LogP) is 0.0874. The number of aromatic nitrogens is 2. The van der Waals surface area contributed by atoms with Crippen molar-refractivity contribution in [1.82, 2.24) is 9.97 Å². The number of rotatable bonds is 4. The lowest BCUT2D eigenvalue weighted by atomic mass is 10.1. The second-order valence-electron chi connectivity index (χ2n) is 3.05. The SMILES string of the molecule is COC(=O)CC(O)C(O)c1ncc(Cl)cn1. The number of hydrogen-bond acceptors (Lipinski definition) is 6. The van der Waals surface area contributed by atoms with Gasteiger partial charge in [-0.1, -0.05) is 11.6 Å². The molecule has 0 fully saturated rings. The maximum atomic E-state index is 10.9. The smallest absolute Gasteiger partial charge is 0.308 e. The van der Waals surface area contributed by atoms with Gasteiger partial charge in [-0.3, -0.25) is 4.79 Å². The Bertz CT molecular complexity index is 357. The second kappa shape index (κ2) is 5.74. The van der Waals surface area contributed by atoms with Crippen molar-refractivity contribution in [2.75, 3.05) is 7.11 Å². The molecule has 0 bridgehead atoms. The molecule has 0 aromatic carbocycles. The number of methoxy groups -OCH3 is 1. The van der Waals surface area contributed by atoms with Crippen LogP contribution in [0.2, 0.25) is 5.02 Å². The molecular weight excluding hydrogens is 236 g/mol. The molecule has 7 heteroatoms. The van der Waals surface area contributed by atoms with Gasteiger partial charge >= 0.3 is 5.97 Å². The summed E-state index contributed by atoms with van der Waals surface area (Å²) in [6.45, 7) is 0. The molecule has 1 heterocycles. The predicted molar refractivity (Wildman–Crippen MR) is 54.6 cm³/mol. The summed E-state index contributed by atoms with van der Waals surface area (Å²) in [6.07, 6.45) is -0.412. The van der Waals surface area contributed by atoms with E-state index in [2.05, 4.69) is 14.7 Å². The van der Waals surface area contributed by atoms with E-state index in [9.17, 15) is 15.0 Å². The van der Waals surface area contributed by atoms with Gasteiger partial charge in [0.15, 0.2) is 5.82 Å². The Balaban J connectivity index is 2.66. The lowest BCUT2D eigenvalue weighted by Crippen LogP contribution is -2.24. The van der Waals surface area contributed by atoms with Gasteiger partial charge in [-0.15, -0.1) is 0 Å². The summed E-state index contributed by atoms with van der Waals surface area (Å²) in [5.74, 6) is -0.624. The summed E-state index contributed by atoms with van der Waals surface area (Å²) in [7, 11) is 1.19.